The van der Waals surface area contributed by atoms with E-state index in [2.05, 4.69) is 85.1 Å². The van der Waals surface area contributed by atoms with Crippen molar-refractivity contribution < 1.29 is 4.74 Å². The van der Waals surface area contributed by atoms with Crippen LogP contribution in [0.3, 0.4) is 0 Å². The van der Waals surface area contributed by atoms with Crippen LogP contribution in [-0.4, -0.2) is 36.0 Å². The van der Waals surface area contributed by atoms with E-state index in [9.17, 15) is 0 Å². The minimum absolute atomic E-state index is 0.779. The molecule has 0 bridgehead atoms. The Kier molecular flexibility index (Phi) is 18.4. The summed E-state index contributed by atoms with van der Waals surface area (Å²) < 4.78 is 10.2. The predicted octanol–water partition coefficient (Wildman–Crippen LogP) is 6.41. The zero-order valence-electron chi connectivity index (χ0n) is 22.1. The lowest BCUT2D eigenvalue weighted by Gasteiger charge is -2.10. The first-order valence-corrected chi connectivity index (χ1v) is 12.6. The number of aromatic nitrogens is 2. The Bertz CT molecular complexity index is 792. The van der Waals surface area contributed by atoms with Gasteiger partial charge in [0.2, 0.25) is 0 Å². The van der Waals surface area contributed by atoms with Crippen molar-refractivity contribution in [1.82, 2.24) is 14.3 Å². The van der Waals surface area contributed by atoms with Crippen molar-refractivity contribution in [2.24, 2.45) is 10.9 Å². The maximum absolute atomic E-state index is 5.43. The van der Waals surface area contributed by atoms with Crippen molar-refractivity contribution >= 4 is 25.1 Å². The Morgan fingerprint density at radius 2 is 1.67 bits per heavy atom. The van der Waals surface area contributed by atoms with Crippen molar-refractivity contribution in [3.05, 3.63) is 58.8 Å². The van der Waals surface area contributed by atoms with E-state index in [1.54, 1.807) is 7.05 Å². The summed E-state index contributed by atoms with van der Waals surface area (Å²) in [6, 6.07) is 8.83. The number of aliphatic imine (C=N–C) groups is 1. The minimum atomic E-state index is 0.779. The number of nitrogens with zero attached hydrogens (tertiary/aromatic N) is 3. The Morgan fingerprint density at radius 1 is 1.09 bits per heavy atom. The molecular weight excluding hydrogens is 428 g/mol. The molecule has 0 amide bonds. The number of imidazole rings is 1. The average molecular weight is 475 g/mol. The van der Waals surface area contributed by atoms with Gasteiger partial charge in [-0.15, -0.1) is 0 Å². The largest absolute Gasteiger partial charge is 0.381 e. The summed E-state index contributed by atoms with van der Waals surface area (Å²) >= 11 is 3.54. The zero-order chi connectivity index (χ0) is 25.1. The van der Waals surface area contributed by atoms with Crippen LogP contribution in [0.1, 0.15) is 76.8 Å². The van der Waals surface area contributed by atoms with Crippen LogP contribution in [-0.2, 0) is 30.5 Å². The normalized spacial score (nSPS) is 11.3. The summed E-state index contributed by atoms with van der Waals surface area (Å²) in [6.07, 6.45) is 8.56. The molecule has 1 aliphatic heterocycles. The van der Waals surface area contributed by atoms with E-state index in [-0.39, 0.29) is 0 Å². The number of nitrogens with one attached hydrogen (secondary N) is 1. The first-order chi connectivity index (χ1) is 16.0. The van der Waals surface area contributed by atoms with Gasteiger partial charge in [0, 0.05) is 38.4 Å². The van der Waals surface area contributed by atoms with E-state index in [0.717, 1.165) is 56.5 Å². The van der Waals surface area contributed by atoms with Gasteiger partial charge in [0.1, 0.15) is 5.82 Å². The number of rotatable bonds is 7. The summed E-state index contributed by atoms with van der Waals surface area (Å²) in [4.78, 5) is 9.03. The average Bonchev–Trinajstić information content (AvgIpc) is 2.96. The Hall–Kier alpha value is -1.89. The van der Waals surface area contributed by atoms with Crippen LogP contribution in [0.2, 0.25) is 0 Å². The highest BCUT2D eigenvalue weighted by Gasteiger charge is 2.14. The maximum atomic E-state index is 5.43. The number of thiol groups is 1. The lowest BCUT2D eigenvalue weighted by molar-refractivity contribution is 0.151. The van der Waals surface area contributed by atoms with Crippen LogP contribution in [0.15, 0.2) is 35.5 Å². The summed E-state index contributed by atoms with van der Waals surface area (Å²) in [7, 11) is 1.74. The fourth-order valence-corrected chi connectivity index (χ4v) is 2.99. The predicted molar refractivity (Wildman–Crippen MR) is 148 cm³/mol. The third-order valence-electron chi connectivity index (χ3n) is 4.29. The van der Waals surface area contributed by atoms with Gasteiger partial charge in [0.05, 0.1) is 18.0 Å². The Labute approximate surface area is 208 Å². The van der Waals surface area contributed by atoms with Crippen LogP contribution in [0, 0.1) is 5.92 Å². The van der Waals surface area contributed by atoms with Crippen LogP contribution in [0.5, 0.6) is 0 Å². The molecular formula is C27H46N4OS. The second-order valence-corrected chi connectivity index (χ2v) is 8.32. The molecule has 0 saturated heterocycles. The highest BCUT2D eigenvalue weighted by atomic mass is 32.1. The highest BCUT2D eigenvalue weighted by Crippen LogP contribution is 2.19. The topological polar surface area (TPSA) is 51.4 Å². The lowest BCUT2D eigenvalue weighted by Crippen LogP contribution is -2.07. The van der Waals surface area contributed by atoms with Gasteiger partial charge >= 0.3 is 0 Å². The van der Waals surface area contributed by atoms with Crippen molar-refractivity contribution in [2.45, 2.75) is 74.3 Å². The van der Waals surface area contributed by atoms with Crippen molar-refractivity contribution in [3.63, 3.8) is 0 Å². The van der Waals surface area contributed by atoms with Crippen molar-refractivity contribution in [1.29, 1.82) is 0 Å². The van der Waals surface area contributed by atoms with Gasteiger partial charge in [0.15, 0.2) is 0 Å². The molecule has 0 atom stereocenters. The van der Waals surface area contributed by atoms with E-state index >= 15 is 0 Å². The molecule has 33 heavy (non-hydrogen) atoms. The molecule has 1 aromatic heterocycles. The highest BCUT2D eigenvalue weighted by molar-refractivity contribution is 7.78. The molecule has 1 aromatic carbocycles. The molecule has 2 aromatic rings. The molecule has 0 aliphatic carbocycles. The molecule has 0 spiro atoms. The van der Waals surface area contributed by atoms with Gasteiger partial charge in [-0.1, -0.05) is 78.6 Å². The number of hydrogen-bond donors (Lipinski definition) is 2. The summed E-state index contributed by atoms with van der Waals surface area (Å²) in [6.45, 7) is 17.1. The summed E-state index contributed by atoms with van der Waals surface area (Å²) in [5.41, 5.74) is 4.92. The zero-order valence-corrected chi connectivity index (χ0v) is 23.0. The third kappa shape index (κ3) is 12.8. The second-order valence-electron chi connectivity index (χ2n) is 7.87. The van der Waals surface area contributed by atoms with Gasteiger partial charge in [-0.3, -0.25) is 9.71 Å². The van der Waals surface area contributed by atoms with Crippen LogP contribution in [0.25, 0.3) is 6.08 Å². The van der Waals surface area contributed by atoms with Gasteiger partial charge in [0.25, 0.3) is 0 Å². The molecule has 5 nitrogen and oxygen atoms in total. The monoisotopic (exact) mass is 474 g/mol. The van der Waals surface area contributed by atoms with E-state index in [1.807, 2.05) is 33.2 Å². The fourth-order valence-electron chi connectivity index (χ4n) is 2.99. The molecule has 2 heterocycles. The number of benzene rings is 1. The smallest absolute Gasteiger partial charge is 0.109 e. The van der Waals surface area contributed by atoms with E-state index in [0.29, 0.717) is 0 Å². The molecule has 0 radical (unpaired) electrons. The molecule has 0 saturated carbocycles. The minimum Gasteiger partial charge on any atom is -0.381 e. The molecule has 3 rings (SSSR count). The maximum Gasteiger partial charge on any atom is 0.109 e. The van der Waals surface area contributed by atoms with Gasteiger partial charge in [-0.25, -0.2) is 4.98 Å². The summed E-state index contributed by atoms with van der Waals surface area (Å²) in [5.74, 6) is 1.97. The molecule has 1 aliphatic rings. The first kappa shape index (κ1) is 31.1. The number of fused-ring (bicyclic) bond motifs is 1. The van der Waals surface area contributed by atoms with Gasteiger partial charge < -0.3 is 9.30 Å². The van der Waals surface area contributed by atoms with Crippen molar-refractivity contribution in [3.8, 4) is 0 Å². The molecule has 0 unspecified atom stereocenters. The molecule has 186 valence electrons. The number of ether oxygens (including phenoxy) is 1. The van der Waals surface area contributed by atoms with E-state index in [4.69, 9.17) is 9.72 Å². The van der Waals surface area contributed by atoms with Crippen LogP contribution in [0.4, 0.5) is 0 Å². The fraction of sp³-hybridized carbons (Fsp3) is 0.556. The van der Waals surface area contributed by atoms with E-state index in [1.165, 1.54) is 16.8 Å². The Balaban J connectivity index is 0.000000989. The van der Waals surface area contributed by atoms with E-state index < -0.39 is 0 Å². The van der Waals surface area contributed by atoms with Gasteiger partial charge in [-0.05, 0) is 43.5 Å². The molecule has 1 N–H and O–H groups in total. The Morgan fingerprint density at radius 3 is 2.21 bits per heavy atom. The number of hydrogen-bond acceptors (Lipinski definition) is 5. The quantitative estimate of drug-likeness (QED) is 0.360. The van der Waals surface area contributed by atoms with Crippen LogP contribution >= 0.6 is 12.8 Å². The number of aryl methyl sites for hydroxylation is 1. The molecule has 6 heteroatoms. The van der Waals surface area contributed by atoms with Crippen LogP contribution < -0.4 is 4.72 Å². The standard InChI is InChI=1S/C20H25N3O.C4H10.C2H6.CH5NS/c1-3-20-22-18-9-12-21-13-10-19(18)23(20)15-17-7-5-16(6-8-17)11-14-24-4-2;1-4(2)3;1-2;1-2-3/h5-8,10,12-13H,3-4,9,11,14-15H2,1-2H3;4H,1-3H3;1-2H3;2-3H,1H3. The lowest BCUT2D eigenvalue weighted by atomic mass is 10.1. The van der Waals surface area contributed by atoms with Crippen molar-refractivity contribution in [2.75, 3.05) is 20.3 Å². The summed E-state index contributed by atoms with van der Waals surface area (Å²) in [5, 5.41) is 0. The second kappa shape index (κ2) is 19.6. The molecule has 0 fully saturated rings. The van der Waals surface area contributed by atoms with Gasteiger partial charge in [-0.2, -0.15) is 0 Å². The first-order valence-electron chi connectivity index (χ1n) is 12.2. The third-order valence-corrected chi connectivity index (χ3v) is 4.29. The SMILES string of the molecule is CC.CC(C)C.CCOCCc1ccc(Cn2c(CC)nc3c2C=CN=CC3)cc1.CNS.